The second-order valence-electron chi connectivity index (χ2n) is 6.42. The minimum absolute atomic E-state index is 0.120. The highest BCUT2D eigenvalue weighted by Gasteiger charge is 2.30. The van der Waals surface area contributed by atoms with Crippen molar-refractivity contribution in [2.75, 3.05) is 0 Å². The van der Waals surface area contributed by atoms with E-state index in [-0.39, 0.29) is 11.3 Å². The number of aryl methyl sites for hydroxylation is 2. The van der Waals surface area contributed by atoms with Gasteiger partial charge in [-0.15, -0.1) is 0 Å². The Kier molecular flexibility index (Phi) is 5.29. The van der Waals surface area contributed by atoms with Gasteiger partial charge in [-0.25, -0.2) is 4.79 Å². The van der Waals surface area contributed by atoms with Gasteiger partial charge in [-0.2, -0.15) is 28.4 Å². The lowest BCUT2D eigenvalue weighted by molar-refractivity contribution is -0.137. The average Bonchev–Trinajstić information content (AvgIpc) is 3.01. The van der Waals surface area contributed by atoms with Gasteiger partial charge >= 0.3 is 11.9 Å². The normalized spacial score (nSPS) is 12.7. The van der Waals surface area contributed by atoms with Crippen molar-refractivity contribution in [3.05, 3.63) is 75.2 Å². The van der Waals surface area contributed by atoms with E-state index in [0.717, 1.165) is 21.5 Å². The molecule has 0 unspecified atom stereocenters. The Labute approximate surface area is 163 Å². The van der Waals surface area contributed by atoms with E-state index in [0.29, 0.717) is 22.4 Å². The van der Waals surface area contributed by atoms with Gasteiger partial charge in [-0.3, -0.25) is 0 Å². The van der Waals surface area contributed by atoms with Crippen LogP contribution in [-0.2, 0) is 18.1 Å². The Morgan fingerprint density at radius 1 is 1.14 bits per heavy atom. The van der Waals surface area contributed by atoms with Crippen LogP contribution >= 0.6 is 0 Å². The van der Waals surface area contributed by atoms with Crippen LogP contribution < -0.4 is 11.6 Å². The molecule has 2 aromatic carbocycles. The predicted molar refractivity (Wildman–Crippen MR) is 101 cm³/mol. The number of allylic oxidation sites excluding steroid dienone is 1. The molecule has 0 aliphatic heterocycles. The zero-order valence-electron chi connectivity index (χ0n) is 15.9. The standard InChI is InChI=1S/C19H18F3N5O2/c1-11-6-4-9-15(27-18(28)26(3)24-25-27)16(11)17(29-23)12(2)13-7-5-8-14(10-13)19(20,21)22/h4-10H,23H2,1-3H3/b17-12+. The SMILES string of the molecule is C/C(=C(\ON)c1c(C)cccc1-n1nnn(C)c1=O)c1cccc(C(F)(F)F)c1. The molecule has 0 aliphatic rings. The second-order valence-corrected chi connectivity index (χ2v) is 6.42. The molecule has 0 aliphatic carbocycles. The summed E-state index contributed by atoms with van der Waals surface area (Å²) in [6, 6.07) is 9.93. The first-order chi connectivity index (χ1) is 13.6. The lowest BCUT2D eigenvalue weighted by Crippen LogP contribution is -2.23. The number of rotatable bonds is 4. The molecule has 1 heterocycles. The van der Waals surface area contributed by atoms with E-state index >= 15 is 0 Å². The summed E-state index contributed by atoms with van der Waals surface area (Å²) >= 11 is 0. The topological polar surface area (TPSA) is 88.0 Å². The first-order valence-electron chi connectivity index (χ1n) is 8.49. The van der Waals surface area contributed by atoms with Gasteiger partial charge in [-0.1, -0.05) is 24.3 Å². The molecule has 0 saturated heterocycles. The van der Waals surface area contributed by atoms with Crippen LogP contribution in [0.4, 0.5) is 13.2 Å². The van der Waals surface area contributed by atoms with Crippen molar-refractivity contribution in [1.29, 1.82) is 0 Å². The van der Waals surface area contributed by atoms with Crippen molar-refractivity contribution in [2.45, 2.75) is 20.0 Å². The van der Waals surface area contributed by atoms with Crippen LogP contribution in [0, 0.1) is 6.92 Å². The van der Waals surface area contributed by atoms with Crippen molar-refractivity contribution >= 4 is 11.3 Å². The molecule has 152 valence electrons. The maximum Gasteiger partial charge on any atom is 0.416 e. The minimum Gasteiger partial charge on any atom is -0.410 e. The number of tetrazole rings is 1. The lowest BCUT2D eigenvalue weighted by Gasteiger charge is -2.17. The number of benzene rings is 2. The Morgan fingerprint density at radius 3 is 2.41 bits per heavy atom. The number of halogens is 3. The number of hydrogen-bond donors (Lipinski definition) is 1. The molecular formula is C19H18F3N5O2. The molecule has 10 heteroatoms. The molecular weight excluding hydrogens is 387 g/mol. The predicted octanol–water partition coefficient (Wildman–Crippen LogP) is 3.07. The van der Waals surface area contributed by atoms with Gasteiger partial charge in [-0.05, 0) is 53.6 Å². The first kappa shape index (κ1) is 20.3. The molecule has 0 spiro atoms. The summed E-state index contributed by atoms with van der Waals surface area (Å²) in [6.45, 7) is 3.35. The molecule has 1 aromatic heterocycles. The summed E-state index contributed by atoms with van der Waals surface area (Å²) in [5, 5.41) is 7.53. The molecule has 3 rings (SSSR count). The van der Waals surface area contributed by atoms with Crippen LogP contribution in [0.5, 0.6) is 0 Å². The number of nitrogens with two attached hydrogens (primary N) is 1. The highest BCUT2D eigenvalue weighted by Crippen LogP contribution is 2.35. The molecule has 2 N–H and O–H groups in total. The van der Waals surface area contributed by atoms with Crippen LogP contribution in [0.2, 0.25) is 0 Å². The Morgan fingerprint density at radius 2 is 1.83 bits per heavy atom. The summed E-state index contributed by atoms with van der Waals surface area (Å²) in [5.41, 5.74) is 0.812. The molecule has 0 amide bonds. The smallest absolute Gasteiger partial charge is 0.410 e. The summed E-state index contributed by atoms with van der Waals surface area (Å²) in [6.07, 6.45) is -4.49. The van der Waals surface area contributed by atoms with Crippen molar-refractivity contribution in [3.8, 4) is 5.69 Å². The molecule has 0 fully saturated rings. The van der Waals surface area contributed by atoms with E-state index in [4.69, 9.17) is 10.7 Å². The van der Waals surface area contributed by atoms with Crippen molar-refractivity contribution in [3.63, 3.8) is 0 Å². The summed E-state index contributed by atoms with van der Waals surface area (Å²) < 4.78 is 41.4. The van der Waals surface area contributed by atoms with Gasteiger partial charge < -0.3 is 4.84 Å². The fourth-order valence-electron chi connectivity index (χ4n) is 2.98. The zero-order valence-corrected chi connectivity index (χ0v) is 15.9. The summed E-state index contributed by atoms with van der Waals surface area (Å²) in [7, 11) is 1.45. The van der Waals surface area contributed by atoms with E-state index < -0.39 is 17.4 Å². The zero-order chi connectivity index (χ0) is 21.3. The Balaban J connectivity index is 2.26. The summed E-state index contributed by atoms with van der Waals surface area (Å²) in [5.74, 6) is 5.64. The van der Waals surface area contributed by atoms with Crippen LogP contribution in [-0.4, -0.2) is 19.8 Å². The quantitative estimate of drug-likeness (QED) is 0.410. The van der Waals surface area contributed by atoms with Crippen molar-refractivity contribution in [1.82, 2.24) is 19.8 Å². The van der Waals surface area contributed by atoms with Crippen molar-refractivity contribution < 1.29 is 18.0 Å². The third-order valence-corrected chi connectivity index (χ3v) is 4.51. The van der Waals surface area contributed by atoms with E-state index in [1.807, 2.05) is 0 Å². The molecule has 3 aromatic rings. The minimum atomic E-state index is -4.49. The lowest BCUT2D eigenvalue weighted by atomic mass is 9.97. The Bertz CT molecular complexity index is 1150. The van der Waals surface area contributed by atoms with Crippen LogP contribution in [0.25, 0.3) is 17.0 Å². The molecule has 0 atom stereocenters. The van der Waals surface area contributed by atoms with Gasteiger partial charge in [0.25, 0.3) is 0 Å². The third kappa shape index (κ3) is 3.79. The van der Waals surface area contributed by atoms with Crippen LogP contribution in [0.3, 0.4) is 0 Å². The molecule has 0 radical (unpaired) electrons. The average molecular weight is 405 g/mol. The molecule has 0 bridgehead atoms. The van der Waals surface area contributed by atoms with Gasteiger partial charge in [0.15, 0.2) is 5.76 Å². The number of nitrogens with zero attached hydrogens (tertiary/aromatic N) is 4. The van der Waals surface area contributed by atoms with Gasteiger partial charge in [0.2, 0.25) is 0 Å². The fourth-order valence-corrected chi connectivity index (χ4v) is 2.98. The number of hydrogen-bond acceptors (Lipinski definition) is 5. The second kappa shape index (κ2) is 7.55. The maximum absolute atomic E-state index is 13.1. The highest BCUT2D eigenvalue weighted by molar-refractivity contribution is 5.90. The number of aromatic nitrogens is 4. The third-order valence-electron chi connectivity index (χ3n) is 4.51. The Hall–Kier alpha value is -3.40. The van der Waals surface area contributed by atoms with Crippen molar-refractivity contribution in [2.24, 2.45) is 12.9 Å². The van der Waals surface area contributed by atoms with E-state index in [1.165, 1.54) is 19.2 Å². The highest BCUT2D eigenvalue weighted by atomic mass is 19.4. The van der Waals surface area contributed by atoms with Gasteiger partial charge in [0, 0.05) is 18.2 Å². The number of alkyl halides is 3. The molecule has 29 heavy (non-hydrogen) atoms. The first-order valence-corrected chi connectivity index (χ1v) is 8.49. The van der Waals surface area contributed by atoms with Crippen LogP contribution in [0.1, 0.15) is 29.2 Å². The van der Waals surface area contributed by atoms with E-state index in [2.05, 4.69) is 10.4 Å². The van der Waals surface area contributed by atoms with E-state index in [9.17, 15) is 18.0 Å². The van der Waals surface area contributed by atoms with E-state index in [1.54, 1.807) is 32.0 Å². The molecule has 0 saturated carbocycles. The van der Waals surface area contributed by atoms with Gasteiger partial charge in [0.05, 0.1) is 11.3 Å². The summed E-state index contributed by atoms with van der Waals surface area (Å²) in [4.78, 5) is 17.4. The van der Waals surface area contributed by atoms with Crippen LogP contribution in [0.15, 0.2) is 47.3 Å². The maximum atomic E-state index is 13.1. The largest absolute Gasteiger partial charge is 0.416 e. The fraction of sp³-hybridized carbons (Fsp3) is 0.211. The van der Waals surface area contributed by atoms with Gasteiger partial charge in [0.1, 0.15) is 0 Å². The molecule has 7 nitrogen and oxygen atoms in total. The monoisotopic (exact) mass is 405 g/mol.